The van der Waals surface area contributed by atoms with Crippen molar-refractivity contribution in [3.8, 4) is 0 Å². The summed E-state index contributed by atoms with van der Waals surface area (Å²) in [6, 6.07) is 0. The van der Waals surface area contributed by atoms with Gasteiger partial charge >= 0.3 is 0 Å². The Balaban J connectivity index is 2.09. The molecule has 1 aliphatic heterocycles. The van der Waals surface area contributed by atoms with Crippen LogP contribution in [0.4, 0.5) is 0 Å². The van der Waals surface area contributed by atoms with Crippen LogP contribution in [0.15, 0.2) is 4.79 Å². The highest BCUT2D eigenvalue weighted by atomic mass is 16.5. The molecule has 0 aromatic carbocycles. The average Bonchev–Trinajstić information content (AvgIpc) is 2.42. The molecule has 1 amide bonds. The topological polar surface area (TPSA) is 104 Å². The normalized spacial score (nSPS) is 17.8. The van der Waals surface area contributed by atoms with Gasteiger partial charge in [-0.1, -0.05) is 0 Å². The van der Waals surface area contributed by atoms with Crippen molar-refractivity contribution in [2.24, 2.45) is 0 Å². The lowest BCUT2D eigenvalue weighted by molar-refractivity contribution is -0.0605. The van der Waals surface area contributed by atoms with Crippen molar-refractivity contribution < 1.29 is 14.6 Å². The SMILES string of the molecule is Cc1n[nH]c(=O)c(C(=O)NCC2(O)CCOCC2)c1C. The number of aryl methyl sites for hydroxylation is 1. The van der Waals surface area contributed by atoms with Gasteiger partial charge in [0.15, 0.2) is 0 Å². The Bertz CT molecular complexity index is 561. The van der Waals surface area contributed by atoms with Gasteiger partial charge in [0.25, 0.3) is 11.5 Å². The molecule has 0 bridgehead atoms. The number of amides is 1. The quantitative estimate of drug-likeness (QED) is 0.703. The van der Waals surface area contributed by atoms with E-state index in [1.165, 1.54) is 0 Å². The number of rotatable bonds is 3. The van der Waals surface area contributed by atoms with Gasteiger partial charge in [-0.05, 0) is 19.4 Å². The molecule has 3 N–H and O–H groups in total. The number of carbonyl (C=O) groups is 1. The molecule has 2 heterocycles. The first kappa shape index (κ1) is 14.7. The summed E-state index contributed by atoms with van der Waals surface area (Å²) in [4.78, 5) is 23.8. The van der Waals surface area contributed by atoms with Gasteiger partial charge in [0.05, 0.1) is 11.3 Å². The predicted molar refractivity (Wildman–Crippen MR) is 71.7 cm³/mol. The summed E-state index contributed by atoms with van der Waals surface area (Å²) < 4.78 is 5.17. The van der Waals surface area contributed by atoms with E-state index in [2.05, 4.69) is 15.5 Å². The highest BCUT2D eigenvalue weighted by molar-refractivity contribution is 5.95. The smallest absolute Gasteiger partial charge is 0.277 e. The van der Waals surface area contributed by atoms with Crippen molar-refractivity contribution in [3.63, 3.8) is 0 Å². The first-order valence-electron chi connectivity index (χ1n) is 6.57. The van der Waals surface area contributed by atoms with Gasteiger partial charge in [-0.15, -0.1) is 0 Å². The van der Waals surface area contributed by atoms with E-state index in [-0.39, 0.29) is 12.1 Å². The molecule has 0 unspecified atom stereocenters. The van der Waals surface area contributed by atoms with E-state index >= 15 is 0 Å². The molecule has 7 heteroatoms. The van der Waals surface area contributed by atoms with Crippen LogP contribution in [0.2, 0.25) is 0 Å². The van der Waals surface area contributed by atoms with E-state index in [1.807, 2.05) is 0 Å². The van der Waals surface area contributed by atoms with Crippen LogP contribution in [0.3, 0.4) is 0 Å². The fourth-order valence-corrected chi connectivity index (χ4v) is 2.16. The highest BCUT2D eigenvalue weighted by Crippen LogP contribution is 2.19. The Labute approximate surface area is 116 Å². The summed E-state index contributed by atoms with van der Waals surface area (Å²) in [5.41, 5.74) is -0.293. The van der Waals surface area contributed by atoms with Gasteiger partial charge in [0.1, 0.15) is 5.56 Å². The second-order valence-electron chi connectivity index (χ2n) is 5.16. The average molecular weight is 281 g/mol. The molecule has 0 aliphatic carbocycles. The molecule has 1 fully saturated rings. The maximum absolute atomic E-state index is 12.1. The summed E-state index contributed by atoms with van der Waals surface area (Å²) in [7, 11) is 0. The minimum absolute atomic E-state index is 0.0492. The molecular formula is C13H19N3O4. The van der Waals surface area contributed by atoms with E-state index in [0.29, 0.717) is 37.3 Å². The molecule has 2 rings (SSSR count). The van der Waals surface area contributed by atoms with Crippen LogP contribution in [-0.4, -0.2) is 46.6 Å². The minimum Gasteiger partial charge on any atom is -0.388 e. The van der Waals surface area contributed by atoms with Crippen molar-refractivity contribution >= 4 is 5.91 Å². The Morgan fingerprint density at radius 1 is 1.45 bits per heavy atom. The number of H-pyrrole nitrogens is 1. The van der Waals surface area contributed by atoms with Crippen molar-refractivity contribution in [2.45, 2.75) is 32.3 Å². The molecule has 7 nitrogen and oxygen atoms in total. The molecule has 1 aromatic rings. The maximum Gasteiger partial charge on any atom is 0.277 e. The van der Waals surface area contributed by atoms with Gasteiger partial charge < -0.3 is 15.2 Å². The number of nitrogens with zero attached hydrogens (tertiary/aromatic N) is 1. The molecule has 20 heavy (non-hydrogen) atoms. The molecule has 110 valence electrons. The largest absolute Gasteiger partial charge is 0.388 e. The Morgan fingerprint density at radius 3 is 2.75 bits per heavy atom. The number of carbonyl (C=O) groups excluding carboxylic acids is 1. The fourth-order valence-electron chi connectivity index (χ4n) is 2.16. The van der Waals surface area contributed by atoms with Crippen molar-refractivity contribution in [3.05, 3.63) is 27.2 Å². The van der Waals surface area contributed by atoms with Gasteiger partial charge in [0, 0.05) is 32.6 Å². The molecular weight excluding hydrogens is 262 g/mol. The monoisotopic (exact) mass is 281 g/mol. The number of hydrogen-bond donors (Lipinski definition) is 3. The summed E-state index contributed by atoms with van der Waals surface area (Å²) in [5.74, 6) is -0.492. The first-order valence-corrected chi connectivity index (χ1v) is 6.57. The molecule has 0 atom stereocenters. The molecule has 0 spiro atoms. The molecule has 0 radical (unpaired) electrons. The summed E-state index contributed by atoms with van der Waals surface area (Å²) >= 11 is 0. The van der Waals surface area contributed by atoms with E-state index in [9.17, 15) is 14.7 Å². The van der Waals surface area contributed by atoms with E-state index in [4.69, 9.17) is 4.74 Å². The minimum atomic E-state index is -0.962. The lowest BCUT2D eigenvalue weighted by Crippen LogP contribution is -2.47. The second-order valence-corrected chi connectivity index (χ2v) is 5.16. The third kappa shape index (κ3) is 3.05. The first-order chi connectivity index (χ1) is 9.43. The van der Waals surface area contributed by atoms with Crippen LogP contribution in [0.1, 0.15) is 34.5 Å². The predicted octanol–water partition coefficient (Wildman–Crippen LogP) is -0.342. The van der Waals surface area contributed by atoms with Crippen molar-refractivity contribution in [1.29, 1.82) is 0 Å². The zero-order valence-corrected chi connectivity index (χ0v) is 11.7. The second kappa shape index (κ2) is 5.72. The summed E-state index contributed by atoms with van der Waals surface area (Å²) in [5, 5.41) is 19.0. The Morgan fingerprint density at radius 2 is 2.10 bits per heavy atom. The van der Waals surface area contributed by atoms with Crippen LogP contribution < -0.4 is 10.9 Å². The number of aliphatic hydroxyl groups is 1. The van der Waals surface area contributed by atoms with E-state index in [1.54, 1.807) is 13.8 Å². The zero-order valence-electron chi connectivity index (χ0n) is 11.7. The summed E-state index contributed by atoms with van der Waals surface area (Å²) in [6.07, 6.45) is 0.940. The standard InChI is InChI=1S/C13H19N3O4/c1-8-9(2)15-16-12(18)10(8)11(17)14-7-13(19)3-5-20-6-4-13/h19H,3-7H2,1-2H3,(H,14,17)(H,16,18). The molecule has 1 aliphatic rings. The third-order valence-corrected chi connectivity index (χ3v) is 3.70. The Hall–Kier alpha value is -1.73. The maximum atomic E-state index is 12.1. The van der Waals surface area contributed by atoms with Crippen LogP contribution in [0, 0.1) is 13.8 Å². The van der Waals surface area contributed by atoms with Gasteiger partial charge in [-0.2, -0.15) is 5.10 Å². The lowest BCUT2D eigenvalue weighted by Gasteiger charge is -2.32. The molecule has 1 aromatic heterocycles. The number of aromatic nitrogens is 2. The van der Waals surface area contributed by atoms with Gasteiger partial charge in [-0.3, -0.25) is 9.59 Å². The Kier molecular flexibility index (Phi) is 4.20. The van der Waals surface area contributed by atoms with Gasteiger partial charge in [-0.25, -0.2) is 5.10 Å². The van der Waals surface area contributed by atoms with Crippen molar-refractivity contribution in [1.82, 2.24) is 15.5 Å². The van der Waals surface area contributed by atoms with Crippen LogP contribution in [-0.2, 0) is 4.74 Å². The molecule has 0 saturated carbocycles. The lowest BCUT2D eigenvalue weighted by atomic mass is 9.94. The number of aromatic amines is 1. The van der Waals surface area contributed by atoms with Crippen LogP contribution in [0.25, 0.3) is 0 Å². The van der Waals surface area contributed by atoms with Gasteiger partial charge in [0.2, 0.25) is 0 Å². The summed E-state index contributed by atoms with van der Waals surface area (Å²) in [6.45, 7) is 4.44. The molecule has 1 saturated heterocycles. The zero-order chi connectivity index (χ0) is 14.8. The van der Waals surface area contributed by atoms with E-state index < -0.39 is 17.1 Å². The third-order valence-electron chi connectivity index (χ3n) is 3.70. The number of hydrogen-bond acceptors (Lipinski definition) is 5. The van der Waals surface area contributed by atoms with Crippen molar-refractivity contribution in [2.75, 3.05) is 19.8 Å². The van der Waals surface area contributed by atoms with Crippen LogP contribution in [0.5, 0.6) is 0 Å². The highest BCUT2D eigenvalue weighted by Gasteiger charge is 2.30. The van der Waals surface area contributed by atoms with E-state index in [0.717, 1.165) is 0 Å². The number of ether oxygens (including phenoxy) is 1. The fraction of sp³-hybridized carbons (Fsp3) is 0.615. The number of nitrogens with one attached hydrogen (secondary N) is 2. The van der Waals surface area contributed by atoms with Crippen LogP contribution >= 0.6 is 0 Å².